The predicted molar refractivity (Wildman–Crippen MR) is 107 cm³/mol. The number of aromatic carboxylic acids is 1. The highest BCUT2D eigenvalue weighted by Gasteiger charge is 2.29. The summed E-state index contributed by atoms with van der Waals surface area (Å²) in [6, 6.07) is 4.96. The Morgan fingerprint density at radius 2 is 1.60 bits per heavy atom. The van der Waals surface area contributed by atoms with Gasteiger partial charge in [0, 0.05) is 19.8 Å². The van der Waals surface area contributed by atoms with Crippen molar-refractivity contribution in [3.05, 3.63) is 47.2 Å². The van der Waals surface area contributed by atoms with Crippen molar-refractivity contribution >= 4 is 37.9 Å². The summed E-state index contributed by atoms with van der Waals surface area (Å²) >= 11 is 0. The van der Waals surface area contributed by atoms with Crippen molar-refractivity contribution in [2.75, 3.05) is 19.4 Å². The molecule has 0 aliphatic carbocycles. The van der Waals surface area contributed by atoms with Gasteiger partial charge in [0.25, 0.3) is 10.0 Å². The smallest absolute Gasteiger partial charge is 0.339 e. The molecule has 0 saturated carbocycles. The predicted octanol–water partition coefficient (Wildman–Crippen LogP) is 1.16. The molecule has 0 spiro atoms. The van der Waals surface area contributed by atoms with E-state index in [1.54, 1.807) is 11.6 Å². The molecule has 2 amide bonds. The lowest BCUT2D eigenvalue weighted by Gasteiger charge is -2.16. The van der Waals surface area contributed by atoms with Crippen molar-refractivity contribution in [1.82, 2.24) is 14.0 Å². The van der Waals surface area contributed by atoms with E-state index >= 15 is 0 Å². The van der Waals surface area contributed by atoms with Crippen LogP contribution in [-0.4, -0.2) is 57.3 Å². The highest BCUT2D eigenvalue weighted by molar-refractivity contribution is 7.92. The fourth-order valence-corrected chi connectivity index (χ4v) is 5.20. The average Bonchev–Trinajstić information content (AvgIpc) is 2.59. The van der Waals surface area contributed by atoms with Crippen LogP contribution in [0.4, 0.5) is 10.6 Å². The summed E-state index contributed by atoms with van der Waals surface area (Å²) in [7, 11) is -6.28. The summed E-state index contributed by atoms with van der Waals surface area (Å²) in [5, 5.41) is 11.4. The molecule has 13 heteroatoms. The van der Waals surface area contributed by atoms with Crippen LogP contribution in [0.25, 0.3) is 0 Å². The van der Waals surface area contributed by atoms with Crippen molar-refractivity contribution in [1.29, 1.82) is 0 Å². The molecular weight excluding hydrogens is 436 g/mol. The average molecular weight is 457 g/mol. The first-order valence-corrected chi connectivity index (χ1v) is 11.3. The molecule has 11 nitrogen and oxygen atoms in total. The number of hydrogen-bond donors (Lipinski definition) is 3. The first-order valence-electron chi connectivity index (χ1n) is 8.34. The molecule has 2 aromatic rings. The van der Waals surface area contributed by atoms with Gasteiger partial charge in [-0.3, -0.25) is 5.32 Å². The Balaban J connectivity index is 2.42. The minimum atomic E-state index is -4.62. The number of nitrogens with zero attached hydrogens (tertiary/aromatic N) is 2. The molecule has 2 rings (SSSR count). The number of sulfonamides is 2. The Bertz CT molecular complexity index is 1220. The number of aryl methyl sites for hydroxylation is 2. The number of rotatable bonds is 6. The monoisotopic (exact) mass is 456 g/mol. The van der Waals surface area contributed by atoms with Crippen LogP contribution in [0.15, 0.2) is 40.1 Å². The molecule has 30 heavy (non-hydrogen) atoms. The molecule has 0 unspecified atom stereocenters. The summed E-state index contributed by atoms with van der Waals surface area (Å²) in [6.07, 6.45) is 0. The maximum atomic E-state index is 12.7. The Morgan fingerprint density at radius 3 is 2.13 bits per heavy atom. The molecule has 0 aliphatic rings. The molecule has 1 aromatic carbocycles. The zero-order chi connectivity index (χ0) is 22.9. The van der Waals surface area contributed by atoms with E-state index < -0.39 is 41.8 Å². The second-order valence-electron chi connectivity index (χ2n) is 6.40. The summed E-state index contributed by atoms with van der Waals surface area (Å²) in [4.78, 5) is 26.5. The molecule has 0 radical (unpaired) electrons. The molecule has 162 valence electrons. The molecule has 0 aliphatic heterocycles. The normalized spacial score (nSPS) is 11.9. The van der Waals surface area contributed by atoms with Crippen molar-refractivity contribution in [3.63, 3.8) is 0 Å². The molecule has 1 heterocycles. The minimum absolute atomic E-state index is 0.302. The summed E-state index contributed by atoms with van der Waals surface area (Å²) < 4.78 is 52.7. The van der Waals surface area contributed by atoms with E-state index in [0.717, 1.165) is 16.4 Å². The quantitative estimate of drug-likeness (QED) is 0.583. The molecule has 0 saturated heterocycles. The van der Waals surface area contributed by atoms with E-state index in [1.165, 1.54) is 39.2 Å². The van der Waals surface area contributed by atoms with Gasteiger partial charge in [0.1, 0.15) is 21.2 Å². The summed E-state index contributed by atoms with van der Waals surface area (Å²) in [5.41, 5.74) is 0.414. The number of amides is 2. The van der Waals surface area contributed by atoms with Crippen LogP contribution in [-0.2, 0) is 20.0 Å². The fourth-order valence-electron chi connectivity index (χ4n) is 2.59. The Hall–Kier alpha value is -3.03. The van der Waals surface area contributed by atoms with Crippen molar-refractivity contribution in [3.8, 4) is 0 Å². The van der Waals surface area contributed by atoms with E-state index in [0.29, 0.717) is 11.3 Å². The van der Waals surface area contributed by atoms with Crippen LogP contribution < -0.4 is 10.0 Å². The number of carboxylic acid groups (broad SMARTS) is 1. The second kappa shape index (κ2) is 8.38. The number of carbonyl (C=O) groups excluding carboxylic acids is 1. The second-order valence-corrected chi connectivity index (χ2v) is 10.2. The van der Waals surface area contributed by atoms with Gasteiger partial charge in [-0.05, 0) is 37.6 Å². The van der Waals surface area contributed by atoms with E-state index in [-0.39, 0.29) is 11.4 Å². The summed E-state index contributed by atoms with van der Waals surface area (Å²) in [6.45, 7) is 3.07. The van der Waals surface area contributed by atoms with Gasteiger partial charge in [0.05, 0.1) is 0 Å². The van der Waals surface area contributed by atoms with Gasteiger partial charge >= 0.3 is 12.0 Å². The number of pyridine rings is 1. The maximum absolute atomic E-state index is 12.7. The lowest BCUT2D eigenvalue weighted by molar-refractivity contribution is 0.0697. The molecule has 0 bridgehead atoms. The zero-order valence-corrected chi connectivity index (χ0v) is 18.1. The SMILES string of the molecule is Cc1cc(C)c(C(=O)O)c(NC(=O)NS(=O)(=O)c2ccccc2S(=O)(=O)N(C)C)n1. The molecule has 1 aromatic heterocycles. The lowest BCUT2D eigenvalue weighted by Crippen LogP contribution is -2.36. The molecule has 0 fully saturated rings. The first-order chi connectivity index (χ1) is 13.8. The molecular formula is C17H20N4O7S2. The van der Waals surface area contributed by atoms with E-state index in [9.17, 15) is 31.5 Å². The highest BCUT2D eigenvalue weighted by Crippen LogP contribution is 2.23. The molecule has 0 atom stereocenters. The first kappa shape index (κ1) is 23.3. The minimum Gasteiger partial charge on any atom is -0.478 e. The van der Waals surface area contributed by atoms with E-state index in [2.05, 4.69) is 10.3 Å². The van der Waals surface area contributed by atoms with Gasteiger partial charge in [-0.2, -0.15) is 0 Å². The Morgan fingerprint density at radius 1 is 1.03 bits per heavy atom. The summed E-state index contributed by atoms with van der Waals surface area (Å²) in [5.74, 6) is -1.71. The zero-order valence-electron chi connectivity index (χ0n) is 16.5. The third-order valence-corrected chi connectivity index (χ3v) is 7.31. The number of carbonyl (C=O) groups is 2. The van der Waals surface area contributed by atoms with Crippen LogP contribution in [0.2, 0.25) is 0 Å². The number of nitrogens with one attached hydrogen (secondary N) is 2. The maximum Gasteiger partial charge on any atom is 0.339 e. The number of hydrogen-bond acceptors (Lipinski definition) is 7. The third kappa shape index (κ3) is 4.75. The largest absolute Gasteiger partial charge is 0.478 e. The van der Waals surface area contributed by atoms with Gasteiger partial charge in [-0.1, -0.05) is 12.1 Å². The number of benzene rings is 1. The lowest BCUT2D eigenvalue weighted by atomic mass is 10.1. The van der Waals surface area contributed by atoms with Crippen LogP contribution in [0.3, 0.4) is 0 Å². The van der Waals surface area contributed by atoms with E-state index in [4.69, 9.17) is 0 Å². The number of anilines is 1. The van der Waals surface area contributed by atoms with Gasteiger partial charge in [-0.15, -0.1) is 0 Å². The standard InChI is InChI=1S/C17H20N4O7S2/c1-10-9-11(2)18-15(14(10)16(22)23)19-17(24)20-29(25,26)12-7-5-6-8-13(12)30(27,28)21(3)4/h5-9H,1-4H3,(H,22,23)(H2,18,19,20,24). The van der Waals surface area contributed by atoms with Gasteiger partial charge in [0.15, 0.2) is 0 Å². The number of carboxylic acids is 1. The van der Waals surface area contributed by atoms with Crippen LogP contribution in [0.5, 0.6) is 0 Å². The Labute approximate surface area is 173 Å². The van der Waals surface area contributed by atoms with Gasteiger partial charge in [-0.25, -0.2) is 40.4 Å². The van der Waals surface area contributed by atoms with Crippen molar-refractivity contribution in [2.24, 2.45) is 0 Å². The van der Waals surface area contributed by atoms with Crippen molar-refractivity contribution in [2.45, 2.75) is 23.6 Å². The number of aromatic nitrogens is 1. The van der Waals surface area contributed by atoms with Gasteiger partial charge in [0.2, 0.25) is 10.0 Å². The number of urea groups is 1. The van der Waals surface area contributed by atoms with Crippen LogP contribution in [0.1, 0.15) is 21.6 Å². The van der Waals surface area contributed by atoms with Crippen LogP contribution >= 0.6 is 0 Å². The fraction of sp³-hybridized carbons (Fsp3) is 0.235. The Kier molecular flexibility index (Phi) is 6.49. The van der Waals surface area contributed by atoms with E-state index in [1.807, 2.05) is 0 Å². The molecule has 3 N–H and O–H groups in total. The topological polar surface area (TPSA) is 163 Å². The van der Waals surface area contributed by atoms with Crippen molar-refractivity contribution < 1.29 is 31.5 Å². The highest BCUT2D eigenvalue weighted by atomic mass is 32.2. The van der Waals surface area contributed by atoms with Gasteiger partial charge < -0.3 is 5.11 Å². The van der Waals surface area contributed by atoms with Crippen LogP contribution in [0, 0.1) is 13.8 Å². The third-order valence-electron chi connectivity index (χ3n) is 3.91.